The van der Waals surface area contributed by atoms with E-state index in [2.05, 4.69) is 15.6 Å². The molecule has 0 bridgehead atoms. The van der Waals surface area contributed by atoms with E-state index in [-0.39, 0.29) is 0 Å². The first kappa shape index (κ1) is 18.3. The molecule has 5 nitrogen and oxygen atoms in total. The van der Waals surface area contributed by atoms with Crippen molar-refractivity contribution in [2.75, 3.05) is 13.7 Å². The van der Waals surface area contributed by atoms with Crippen molar-refractivity contribution in [1.82, 2.24) is 9.55 Å². The van der Waals surface area contributed by atoms with Crippen LogP contribution in [0.5, 0.6) is 11.5 Å². The summed E-state index contributed by atoms with van der Waals surface area (Å²) in [6, 6.07) is 15.7. The second-order valence-corrected chi connectivity index (χ2v) is 6.27. The van der Waals surface area contributed by atoms with E-state index >= 15 is 0 Å². The normalized spacial score (nSPS) is 12.3. The maximum Gasteiger partial charge on any atom is 0.138 e. The van der Waals surface area contributed by atoms with Crippen LogP contribution in [0.1, 0.15) is 38.1 Å². The molecule has 2 aromatic carbocycles. The van der Waals surface area contributed by atoms with Gasteiger partial charge in [-0.05, 0) is 55.7 Å². The number of rotatable bonds is 9. The van der Waals surface area contributed by atoms with E-state index in [4.69, 9.17) is 9.47 Å². The van der Waals surface area contributed by atoms with Crippen LogP contribution >= 0.6 is 0 Å². The first-order chi connectivity index (χ1) is 12.7. The number of ether oxygens (including phenoxy) is 2. The van der Waals surface area contributed by atoms with Gasteiger partial charge in [0.2, 0.25) is 0 Å². The van der Waals surface area contributed by atoms with Crippen LogP contribution in [0.15, 0.2) is 48.5 Å². The molecule has 0 aliphatic heterocycles. The average Bonchev–Trinajstić information content (AvgIpc) is 3.06. The zero-order chi connectivity index (χ0) is 18.4. The Kier molecular flexibility index (Phi) is 6.12. The zero-order valence-corrected chi connectivity index (χ0v) is 15.4. The van der Waals surface area contributed by atoms with E-state index in [0.29, 0.717) is 13.0 Å². The van der Waals surface area contributed by atoms with Crippen molar-refractivity contribution in [3.8, 4) is 11.5 Å². The minimum atomic E-state index is -0.530. The molecule has 0 aliphatic carbocycles. The lowest BCUT2D eigenvalue weighted by Gasteiger charge is -2.13. The van der Waals surface area contributed by atoms with Gasteiger partial charge in [0.15, 0.2) is 0 Å². The van der Waals surface area contributed by atoms with Crippen molar-refractivity contribution in [2.24, 2.45) is 0 Å². The predicted molar refractivity (Wildman–Crippen MR) is 103 cm³/mol. The summed E-state index contributed by atoms with van der Waals surface area (Å²) >= 11 is 0. The number of aliphatic hydroxyl groups excluding tert-OH is 1. The summed E-state index contributed by atoms with van der Waals surface area (Å²) in [6.07, 6.45) is 2.02. The number of aliphatic hydroxyl groups is 1. The number of fused-ring (bicyclic) bond motifs is 1. The number of benzene rings is 2. The number of unbranched alkanes of at least 4 members (excludes halogenated alkanes) is 1. The van der Waals surface area contributed by atoms with Gasteiger partial charge >= 0.3 is 0 Å². The summed E-state index contributed by atoms with van der Waals surface area (Å²) in [7, 11) is 1.65. The molecule has 0 saturated heterocycles. The smallest absolute Gasteiger partial charge is 0.138 e. The number of hydrogen-bond acceptors (Lipinski definition) is 4. The quantitative estimate of drug-likeness (QED) is 0.581. The fourth-order valence-corrected chi connectivity index (χ4v) is 3.00. The molecule has 0 amide bonds. The van der Waals surface area contributed by atoms with Gasteiger partial charge < -0.3 is 19.1 Å². The monoisotopic (exact) mass is 354 g/mol. The third-order valence-corrected chi connectivity index (χ3v) is 4.47. The molecule has 1 atom stereocenters. The van der Waals surface area contributed by atoms with Crippen LogP contribution in [0.2, 0.25) is 0 Å². The van der Waals surface area contributed by atoms with Gasteiger partial charge in [0.05, 0.1) is 24.8 Å². The molecule has 1 aromatic heterocycles. The topological polar surface area (TPSA) is 56.5 Å². The third kappa shape index (κ3) is 4.17. The van der Waals surface area contributed by atoms with Crippen molar-refractivity contribution < 1.29 is 14.6 Å². The highest BCUT2D eigenvalue weighted by Crippen LogP contribution is 2.23. The fourth-order valence-electron chi connectivity index (χ4n) is 3.00. The van der Waals surface area contributed by atoms with Gasteiger partial charge in [0.25, 0.3) is 0 Å². The molecule has 3 aromatic rings. The molecule has 0 aliphatic rings. The Balaban J connectivity index is 1.57. The molecule has 0 spiro atoms. The summed E-state index contributed by atoms with van der Waals surface area (Å²) in [4.78, 5) is 4.62. The first-order valence-corrected chi connectivity index (χ1v) is 9.13. The van der Waals surface area contributed by atoms with Gasteiger partial charge in [-0.15, -0.1) is 0 Å². The Morgan fingerprint density at radius 2 is 1.77 bits per heavy atom. The average molecular weight is 354 g/mol. The number of para-hydroxylation sites is 2. The molecular formula is C21H26N2O3. The lowest BCUT2D eigenvalue weighted by molar-refractivity contribution is 0.159. The van der Waals surface area contributed by atoms with Gasteiger partial charge in [0, 0.05) is 6.54 Å². The molecule has 26 heavy (non-hydrogen) atoms. The second-order valence-electron chi connectivity index (χ2n) is 6.27. The predicted octanol–water partition coefficient (Wildman–Crippen LogP) is 4.35. The molecule has 1 N–H and O–H groups in total. The van der Waals surface area contributed by atoms with Crippen LogP contribution in [0.4, 0.5) is 0 Å². The SMILES string of the molecule is CC[C@H](O)c1nc2ccccc2n1CCCCOc1ccc(OC)cc1. The number of nitrogens with zero attached hydrogens (tertiary/aromatic N) is 2. The summed E-state index contributed by atoms with van der Waals surface area (Å²) in [6.45, 7) is 3.44. The molecular weight excluding hydrogens is 328 g/mol. The zero-order valence-electron chi connectivity index (χ0n) is 15.4. The van der Waals surface area contributed by atoms with Crippen LogP contribution in [0.3, 0.4) is 0 Å². The highest BCUT2D eigenvalue weighted by atomic mass is 16.5. The van der Waals surface area contributed by atoms with E-state index < -0.39 is 6.10 Å². The van der Waals surface area contributed by atoms with Crippen molar-refractivity contribution in [3.63, 3.8) is 0 Å². The summed E-state index contributed by atoms with van der Waals surface area (Å²) in [5.41, 5.74) is 2.01. The van der Waals surface area contributed by atoms with Crippen molar-refractivity contribution >= 4 is 11.0 Å². The number of imidazole rings is 1. The van der Waals surface area contributed by atoms with Crippen LogP contribution in [-0.4, -0.2) is 28.4 Å². The largest absolute Gasteiger partial charge is 0.497 e. The highest BCUT2D eigenvalue weighted by molar-refractivity contribution is 5.76. The maximum absolute atomic E-state index is 10.3. The molecule has 0 unspecified atom stereocenters. The Hall–Kier alpha value is -2.53. The second kappa shape index (κ2) is 8.72. The Labute approximate surface area is 154 Å². The Morgan fingerprint density at radius 1 is 1.04 bits per heavy atom. The molecule has 0 fully saturated rings. The number of hydrogen-bond donors (Lipinski definition) is 1. The van der Waals surface area contributed by atoms with Crippen molar-refractivity contribution in [3.05, 3.63) is 54.4 Å². The van der Waals surface area contributed by atoms with Gasteiger partial charge in [-0.3, -0.25) is 0 Å². The van der Waals surface area contributed by atoms with E-state index in [1.54, 1.807) is 7.11 Å². The van der Waals surface area contributed by atoms with Crippen LogP contribution in [-0.2, 0) is 6.54 Å². The molecule has 138 valence electrons. The van der Waals surface area contributed by atoms with Crippen molar-refractivity contribution in [1.29, 1.82) is 0 Å². The third-order valence-electron chi connectivity index (χ3n) is 4.47. The van der Waals surface area contributed by atoms with Gasteiger partial charge in [-0.2, -0.15) is 0 Å². The minimum Gasteiger partial charge on any atom is -0.497 e. The maximum atomic E-state index is 10.3. The molecule has 1 heterocycles. The first-order valence-electron chi connectivity index (χ1n) is 9.13. The lowest BCUT2D eigenvalue weighted by atomic mass is 10.2. The van der Waals surface area contributed by atoms with Gasteiger partial charge in [-0.1, -0.05) is 19.1 Å². The number of methoxy groups -OCH3 is 1. The highest BCUT2D eigenvalue weighted by Gasteiger charge is 2.16. The number of aromatic nitrogens is 2. The Bertz CT molecular complexity index is 827. The van der Waals surface area contributed by atoms with Crippen molar-refractivity contribution in [2.45, 2.75) is 38.8 Å². The van der Waals surface area contributed by atoms with Crippen LogP contribution in [0, 0.1) is 0 Å². The molecule has 0 radical (unpaired) electrons. The molecule has 5 heteroatoms. The lowest BCUT2D eigenvalue weighted by Crippen LogP contribution is -2.09. The van der Waals surface area contributed by atoms with E-state index in [0.717, 1.165) is 47.7 Å². The van der Waals surface area contributed by atoms with E-state index in [1.165, 1.54) is 0 Å². The molecule has 3 rings (SSSR count). The summed E-state index contributed by atoms with van der Waals surface area (Å²) in [5.74, 6) is 2.43. The van der Waals surface area contributed by atoms with Crippen LogP contribution < -0.4 is 9.47 Å². The van der Waals surface area contributed by atoms with E-state index in [1.807, 2.05) is 49.4 Å². The van der Waals surface area contributed by atoms with Gasteiger partial charge in [0.1, 0.15) is 23.4 Å². The van der Waals surface area contributed by atoms with Gasteiger partial charge in [-0.25, -0.2) is 4.98 Å². The molecule has 0 saturated carbocycles. The summed E-state index contributed by atoms with van der Waals surface area (Å²) < 4.78 is 13.1. The van der Waals surface area contributed by atoms with E-state index in [9.17, 15) is 5.11 Å². The Morgan fingerprint density at radius 3 is 2.50 bits per heavy atom. The fraction of sp³-hybridized carbons (Fsp3) is 0.381. The van der Waals surface area contributed by atoms with Crippen LogP contribution in [0.25, 0.3) is 11.0 Å². The standard InChI is InChI=1S/C21H26N2O3/c1-3-20(24)21-22-18-8-4-5-9-19(18)23(21)14-6-7-15-26-17-12-10-16(25-2)11-13-17/h4-5,8-13,20,24H,3,6-7,14-15H2,1-2H3/t20-/m0/s1. The minimum absolute atomic E-state index is 0.530. The summed E-state index contributed by atoms with van der Waals surface area (Å²) in [5, 5.41) is 10.3. The number of aryl methyl sites for hydroxylation is 1.